The van der Waals surface area contributed by atoms with Gasteiger partial charge < -0.3 is 0 Å². The molecule has 1 N–H and O–H groups in total. The Kier molecular flexibility index (Phi) is 5.22. The molecule has 1 amide bonds. The SMILES string of the molecule is Cc1csc(CC(=O)N/N=C\c2c(C)nn(-c3ccc(F)cc3)c2C)n1. The lowest BCUT2D eigenvalue weighted by molar-refractivity contribution is -0.120. The largest absolute Gasteiger partial charge is 0.273 e. The average molecular weight is 371 g/mol. The van der Waals surface area contributed by atoms with Crippen molar-refractivity contribution >= 4 is 23.5 Å². The van der Waals surface area contributed by atoms with Gasteiger partial charge in [-0.25, -0.2) is 19.5 Å². The maximum Gasteiger partial charge on any atom is 0.246 e. The lowest BCUT2D eigenvalue weighted by Crippen LogP contribution is -2.19. The van der Waals surface area contributed by atoms with Crippen LogP contribution in [-0.2, 0) is 11.2 Å². The number of amides is 1. The summed E-state index contributed by atoms with van der Waals surface area (Å²) in [5.41, 5.74) is 6.59. The van der Waals surface area contributed by atoms with Crippen LogP contribution in [0.5, 0.6) is 0 Å². The number of aromatic nitrogens is 3. The molecule has 0 radical (unpaired) electrons. The van der Waals surface area contributed by atoms with E-state index in [4.69, 9.17) is 0 Å². The molecule has 134 valence electrons. The van der Waals surface area contributed by atoms with Crippen molar-refractivity contribution in [3.8, 4) is 5.69 Å². The normalized spacial score (nSPS) is 11.2. The molecule has 26 heavy (non-hydrogen) atoms. The van der Waals surface area contributed by atoms with E-state index in [1.54, 1.807) is 23.0 Å². The molecule has 0 saturated carbocycles. The molecular weight excluding hydrogens is 353 g/mol. The zero-order valence-electron chi connectivity index (χ0n) is 14.7. The summed E-state index contributed by atoms with van der Waals surface area (Å²) >= 11 is 1.45. The van der Waals surface area contributed by atoms with Crippen molar-refractivity contribution in [3.05, 3.63) is 63.1 Å². The summed E-state index contributed by atoms with van der Waals surface area (Å²) in [6, 6.07) is 6.10. The van der Waals surface area contributed by atoms with Crippen molar-refractivity contribution in [2.45, 2.75) is 27.2 Å². The van der Waals surface area contributed by atoms with Gasteiger partial charge in [-0.05, 0) is 45.0 Å². The smallest absolute Gasteiger partial charge is 0.246 e. The number of hydrazone groups is 1. The predicted octanol–water partition coefficient (Wildman–Crippen LogP) is 3.09. The minimum Gasteiger partial charge on any atom is -0.273 e. The van der Waals surface area contributed by atoms with Crippen molar-refractivity contribution in [1.82, 2.24) is 20.2 Å². The lowest BCUT2D eigenvalue weighted by atomic mass is 10.2. The van der Waals surface area contributed by atoms with Crippen molar-refractivity contribution in [2.75, 3.05) is 0 Å². The Morgan fingerprint density at radius 3 is 2.69 bits per heavy atom. The van der Waals surface area contributed by atoms with Gasteiger partial charge in [0.15, 0.2) is 0 Å². The van der Waals surface area contributed by atoms with E-state index in [2.05, 4.69) is 20.6 Å². The molecule has 0 spiro atoms. The molecule has 3 rings (SSSR count). The van der Waals surface area contributed by atoms with E-state index in [0.29, 0.717) is 0 Å². The van der Waals surface area contributed by atoms with Crippen LogP contribution in [0, 0.1) is 26.6 Å². The number of carbonyl (C=O) groups is 1. The molecule has 0 fully saturated rings. The monoisotopic (exact) mass is 371 g/mol. The van der Waals surface area contributed by atoms with Crippen molar-refractivity contribution in [3.63, 3.8) is 0 Å². The van der Waals surface area contributed by atoms with Crippen LogP contribution in [0.3, 0.4) is 0 Å². The number of benzene rings is 1. The maximum atomic E-state index is 13.1. The summed E-state index contributed by atoms with van der Waals surface area (Å²) in [6.45, 7) is 5.64. The highest BCUT2D eigenvalue weighted by Crippen LogP contribution is 2.16. The topological polar surface area (TPSA) is 72.2 Å². The van der Waals surface area contributed by atoms with Gasteiger partial charge in [0.1, 0.15) is 10.8 Å². The molecule has 0 unspecified atom stereocenters. The number of carbonyl (C=O) groups excluding carboxylic acids is 1. The van der Waals surface area contributed by atoms with Gasteiger partial charge in [0, 0.05) is 16.6 Å². The van der Waals surface area contributed by atoms with Crippen molar-refractivity contribution in [2.24, 2.45) is 5.10 Å². The molecule has 0 bridgehead atoms. The van der Waals surface area contributed by atoms with Gasteiger partial charge in [0.2, 0.25) is 5.91 Å². The highest BCUT2D eigenvalue weighted by molar-refractivity contribution is 7.09. The molecule has 0 atom stereocenters. The Morgan fingerprint density at radius 1 is 1.31 bits per heavy atom. The highest BCUT2D eigenvalue weighted by atomic mass is 32.1. The summed E-state index contributed by atoms with van der Waals surface area (Å²) in [4.78, 5) is 16.2. The predicted molar refractivity (Wildman–Crippen MR) is 99.3 cm³/mol. The molecule has 3 aromatic rings. The zero-order valence-corrected chi connectivity index (χ0v) is 15.5. The van der Waals surface area contributed by atoms with Crippen LogP contribution in [0.25, 0.3) is 5.69 Å². The van der Waals surface area contributed by atoms with Crippen LogP contribution in [0.2, 0.25) is 0 Å². The van der Waals surface area contributed by atoms with E-state index in [9.17, 15) is 9.18 Å². The molecule has 0 saturated heterocycles. The van der Waals surface area contributed by atoms with Crippen LogP contribution in [0.4, 0.5) is 4.39 Å². The van der Waals surface area contributed by atoms with Crippen molar-refractivity contribution < 1.29 is 9.18 Å². The van der Waals surface area contributed by atoms with E-state index in [1.165, 1.54) is 23.5 Å². The van der Waals surface area contributed by atoms with Gasteiger partial charge in [0.05, 0.1) is 29.7 Å². The number of thiazole rings is 1. The van der Waals surface area contributed by atoms with Gasteiger partial charge in [-0.3, -0.25) is 4.79 Å². The lowest BCUT2D eigenvalue weighted by Gasteiger charge is -2.04. The first kappa shape index (κ1) is 17.9. The van der Waals surface area contributed by atoms with Crippen molar-refractivity contribution in [1.29, 1.82) is 0 Å². The third-order valence-corrected chi connectivity index (χ3v) is 4.75. The molecule has 6 nitrogen and oxygen atoms in total. The number of rotatable bonds is 5. The van der Waals surface area contributed by atoms with Gasteiger partial charge in [-0.2, -0.15) is 10.2 Å². The van der Waals surface area contributed by atoms with Gasteiger partial charge in [-0.15, -0.1) is 11.3 Å². The Hall–Kier alpha value is -2.87. The average Bonchev–Trinajstić information content (AvgIpc) is 3.13. The molecule has 0 aliphatic carbocycles. The van der Waals surface area contributed by atoms with E-state index in [-0.39, 0.29) is 18.1 Å². The van der Waals surface area contributed by atoms with Crippen LogP contribution < -0.4 is 5.43 Å². The van der Waals surface area contributed by atoms with Gasteiger partial charge in [0.25, 0.3) is 0 Å². The fraction of sp³-hybridized carbons (Fsp3) is 0.222. The fourth-order valence-electron chi connectivity index (χ4n) is 2.50. The first-order valence-electron chi connectivity index (χ1n) is 7.99. The molecule has 1 aromatic carbocycles. The molecular formula is C18H18FN5OS. The second kappa shape index (κ2) is 7.57. The Labute approximate surface area is 154 Å². The minimum atomic E-state index is -0.296. The second-order valence-electron chi connectivity index (χ2n) is 5.83. The number of aryl methyl sites for hydroxylation is 2. The second-order valence-corrected chi connectivity index (χ2v) is 6.77. The van der Waals surface area contributed by atoms with E-state index in [1.807, 2.05) is 26.2 Å². The van der Waals surface area contributed by atoms with E-state index < -0.39 is 0 Å². The van der Waals surface area contributed by atoms with Crippen LogP contribution in [-0.4, -0.2) is 26.9 Å². The summed E-state index contributed by atoms with van der Waals surface area (Å²) < 4.78 is 14.8. The van der Waals surface area contributed by atoms with Crippen LogP contribution >= 0.6 is 11.3 Å². The Balaban J connectivity index is 1.70. The number of nitrogens with zero attached hydrogens (tertiary/aromatic N) is 4. The van der Waals surface area contributed by atoms with Gasteiger partial charge in [-0.1, -0.05) is 0 Å². The summed E-state index contributed by atoms with van der Waals surface area (Å²) in [6.07, 6.45) is 1.77. The first-order valence-corrected chi connectivity index (χ1v) is 8.87. The van der Waals surface area contributed by atoms with Gasteiger partial charge >= 0.3 is 0 Å². The van der Waals surface area contributed by atoms with E-state index >= 15 is 0 Å². The van der Waals surface area contributed by atoms with E-state index in [0.717, 1.165) is 33.3 Å². The third-order valence-electron chi connectivity index (χ3n) is 3.78. The molecule has 0 aliphatic heterocycles. The zero-order chi connectivity index (χ0) is 18.7. The number of halogens is 1. The first-order chi connectivity index (χ1) is 12.4. The summed E-state index contributed by atoms with van der Waals surface area (Å²) in [5.74, 6) is -0.521. The molecule has 8 heteroatoms. The third kappa shape index (κ3) is 4.02. The number of nitrogens with one attached hydrogen (secondary N) is 1. The highest BCUT2D eigenvalue weighted by Gasteiger charge is 2.12. The summed E-state index contributed by atoms with van der Waals surface area (Å²) in [5, 5.41) is 11.1. The Bertz CT molecular complexity index is 959. The number of hydrogen-bond donors (Lipinski definition) is 1. The molecule has 0 aliphatic rings. The standard InChI is InChI=1S/C18H18FN5OS/c1-11-10-26-18(21-11)8-17(25)22-20-9-16-12(2)23-24(13(16)3)15-6-4-14(19)5-7-15/h4-7,9-10H,8H2,1-3H3,(H,22,25)/b20-9-. The van der Waals surface area contributed by atoms with Crippen LogP contribution in [0.1, 0.15) is 27.7 Å². The number of hydrogen-bond acceptors (Lipinski definition) is 5. The summed E-state index contributed by atoms with van der Waals surface area (Å²) in [7, 11) is 0. The van der Waals surface area contributed by atoms with Crippen LogP contribution in [0.15, 0.2) is 34.7 Å². The fourth-order valence-corrected chi connectivity index (χ4v) is 3.28. The Morgan fingerprint density at radius 2 is 2.04 bits per heavy atom. The maximum absolute atomic E-state index is 13.1. The quantitative estimate of drug-likeness (QED) is 0.553. The molecule has 2 heterocycles. The minimum absolute atomic E-state index is 0.197. The molecule has 2 aromatic heterocycles.